The van der Waals surface area contributed by atoms with Crippen LogP contribution in [0.1, 0.15) is 32.0 Å². The number of aromatic nitrogens is 5. The van der Waals surface area contributed by atoms with Gasteiger partial charge in [0, 0.05) is 47.3 Å². The number of rotatable bonds is 7. The van der Waals surface area contributed by atoms with Crippen molar-refractivity contribution in [1.82, 2.24) is 29.8 Å². The number of ether oxygens (including phenoxy) is 1. The van der Waals surface area contributed by atoms with Crippen molar-refractivity contribution in [3.8, 4) is 33.9 Å². The average Bonchev–Trinajstić information content (AvgIpc) is 3.40. The SMILES string of the molecule is Cc1cccc(-c2nc(-c3cncc(-c4cccc(CN(CC(=O)O)C(=O)OC(C)(C)C)c4)c3)c3cc[nH]c3n2)n1. The Balaban J connectivity index is 1.48. The Morgan fingerprint density at radius 1 is 0.951 bits per heavy atom. The van der Waals surface area contributed by atoms with Gasteiger partial charge in [0.15, 0.2) is 5.82 Å². The zero-order valence-electron chi connectivity index (χ0n) is 23.3. The van der Waals surface area contributed by atoms with E-state index in [9.17, 15) is 14.7 Å². The molecule has 41 heavy (non-hydrogen) atoms. The summed E-state index contributed by atoms with van der Waals surface area (Å²) in [6.07, 6.45) is 4.65. The van der Waals surface area contributed by atoms with Crippen molar-refractivity contribution in [3.05, 3.63) is 84.4 Å². The number of hydrogen-bond acceptors (Lipinski definition) is 7. The summed E-state index contributed by atoms with van der Waals surface area (Å²) in [5.41, 5.74) is 5.46. The second-order valence-electron chi connectivity index (χ2n) is 10.7. The van der Waals surface area contributed by atoms with Gasteiger partial charge in [0.25, 0.3) is 0 Å². The highest BCUT2D eigenvalue weighted by Crippen LogP contribution is 2.31. The minimum absolute atomic E-state index is 0.0743. The lowest BCUT2D eigenvalue weighted by molar-refractivity contribution is -0.138. The maximum atomic E-state index is 12.7. The number of aromatic amines is 1. The molecule has 5 aromatic rings. The van der Waals surface area contributed by atoms with E-state index in [4.69, 9.17) is 9.72 Å². The number of carbonyl (C=O) groups excluding carboxylic acids is 1. The Morgan fingerprint density at radius 3 is 2.49 bits per heavy atom. The number of carboxylic acid groups (broad SMARTS) is 1. The quantitative estimate of drug-likeness (QED) is 0.257. The molecule has 0 atom stereocenters. The number of fused-ring (bicyclic) bond motifs is 1. The first-order valence-electron chi connectivity index (χ1n) is 13.1. The number of aliphatic carboxylic acids is 1. The van der Waals surface area contributed by atoms with Crippen molar-refractivity contribution in [1.29, 1.82) is 0 Å². The van der Waals surface area contributed by atoms with Gasteiger partial charge in [-0.1, -0.05) is 24.3 Å². The second kappa shape index (κ2) is 11.2. The molecule has 0 unspecified atom stereocenters. The van der Waals surface area contributed by atoms with E-state index in [0.29, 0.717) is 17.2 Å². The summed E-state index contributed by atoms with van der Waals surface area (Å²) in [6, 6.07) is 17.2. The molecule has 0 radical (unpaired) electrons. The Morgan fingerprint density at radius 2 is 1.73 bits per heavy atom. The molecule has 0 saturated carbocycles. The van der Waals surface area contributed by atoms with Gasteiger partial charge < -0.3 is 14.8 Å². The molecule has 0 aliphatic rings. The molecule has 5 rings (SSSR count). The van der Waals surface area contributed by atoms with Crippen LogP contribution >= 0.6 is 0 Å². The van der Waals surface area contributed by atoms with Crippen molar-refractivity contribution in [2.24, 2.45) is 0 Å². The van der Waals surface area contributed by atoms with Crippen molar-refractivity contribution >= 4 is 23.1 Å². The normalized spacial score (nSPS) is 11.4. The maximum Gasteiger partial charge on any atom is 0.411 e. The Bertz CT molecular complexity index is 1740. The Labute approximate surface area is 237 Å². The van der Waals surface area contributed by atoms with Crippen LogP contribution in [0.4, 0.5) is 4.79 Å². The number of pyridine rings is 2. The first-order chi connectivity index (χ1) is 19.6. The monoisotopic (exact) mass is 550 g/mol. The van der Waals surface area contributed by atoms with Crippen molar-refractivity contribution in [2.75, 3.05) is 6.54 Å². The molecule has 0 spiro atoms. The molecule has 208 valence electrons. The maximum absolute atomic E-state index is 12.7. The number of aryl methyl sites for hydroxylation is 1. The predicted molar refractivity (Wildman–Crippen MR) is 155 cm³/mol. The minimum Gasteiger partial charge on any atom is -0.480 e. The number of benzene rings is 1. The largest absolute Gasteiger partial charge is 0.480 e. The fraction of sp³-hybridized carbons (Fsp3) is 0.226. The Hall–Kier alpha value is -5.12. The van der Waals surface area contributed by atoms with Crippen LogP contribution in [0.15, 0.2) is 73.2 Å². The van der Waals surface area contributed by atoms with Gasteiger partial charge in [-0.2, -0.15) is 0 Å². The van der Waals surface area contributed by atoms with Crippen molar-refractivity contribution in [2.45, 2.75) is 39.8 Å². The highest BCUT2D eigenvalue weighted by molar-refractivity contribution is 5.92. The summed E-state index contributed by atoms with van der Waals surface area (Å²) in [5.74, 6) is -0.614. The number of carbonyl (C=O) groups is 2. The van der Waals surface area contributed by atoms with E-state index in [1.807, 2.05) is 67.7 Å². The third-order valence-electron chi connectivity index (χ3n) is 6.16. The van der Waals surface area contributed by atoms with E-state index in [1.54, 1.807) is 33.2 Å². The molecular formula is C31H30N6O4. The van der Waals surface area contributed by atoms with Crippen LogP contribution < -0.4 is 0 Å². The molecular weight excluding hydrogens is 520 g/mol. The lowest BCUT2D eigenvalue weighted by Crippen LogP contribution is -2.39. The third kappa shape index (κ3) is 6.55. The second-order valence-corrected chi connectivity index (χ2v) is 10.7. The molecule has 0 aliphatic heterocycles. The highest BCUT2D eigenvalue weighted by Gasteiger charge is 2.24. The van der Waals surface area contributed by atoms with Crippen LogP contribution in [0.5, 0.6) is 0 Å². The van der Waals surface area contributed by atoms with Gasteiger partial charge in [0.05, 0.1) is 5.69 Å². The number of carboxylic acids is 1. The molecule has 1 amide bonds. The summed E-state index contributed by atoms with van der Waals surface area (Å²) >= 11 is 0. The van der Waals surface area contributed by atoms with Crippen LogP contribution in [0.3, 0.4) is 0 Å². The average molecular weight is 551 g/mol. The first-order valence-corrected chi connectivity index (χ1v) is 13.1. The van der Waals surface area contributed by atoms with E-state index in [-0.39, 0.29) is 6.54 Å². The highest BCUT2D eigenvalue weighted by atomic mass is 16.6. The molecule has 10 nitrogen and oxygen atoms in total. The fourth-order valence-corrected chi connectivity index (χ4v) is 4.42. The zero-order valence-corrected chi connectivity index (χ0v) is 23.3. The van der Waals surface area contributed by atoms with Gasteiger partial charge in [-0.15, -0.1) is 0 Å². The predicted octanol–water partition coefficient (Wildman–Crippen LogP) is 5.88. The third-order valence-corrected chi connectivity index (χ3v) is 6.16. The lowest BCUT2D eigenvalue weighted by atomic mass is 10.0. The Kier molecular flexibility index (Phi) is 7.47. The van der Waals surface area contributed by atoms with Gasteiger partial charge in [0.2, 0.25) is 0 Å². The molecule has 0 bridgehead atoms. The van der Waals surface area contributed by atoms with Gasteiger partial charge in [-0.25, -0.2) is 19.7 Å². The minimum atomic E-state index is -1.12. The molecule has 1 aromatic carbocycles. The number of nitrogens with one attached hydrogen (secondary N) is 1. The number of H-pyrrole nitrogens is 1. The summed E-state index contributed by atoms with van der Waals surface area (Å²) in [6.45, 7) is 6.74. The van der Waals surface area contributed by atoms with E-state index >= 15 is 0 Å². The molecule has 4 heterocycles. The summed E-state index contributed by atoms with van der Waals surface area (Å²) in [7, 11) is 0. The first kappa shape index (κ1) is 27.4. The summed E-state index contributed by atoms with van der Waals surface area (Å²) < 4.78 is 5.42. The van der Waals surface area contributed by atoms with Crippen LogP contribution in [0.2, 0.25) is 0 Å². The van der Waals surface area contributed by atoms with Crippen LogP contribution in [0, 0.1) is 6.92 Å². The van der Waals surface area contributed by atoms with Gasteiger partial charge in [-0.3, -0.25) is 14.7 Å². The van der Waals surface area contributed by atoms with E-state index < -0.39 is 24.2 Å². The number of hydrogen-bond donors (Lipinski definition) is 2. The molecule has 4 aromatic heterocycles. The van der Waals surface area contributed by atoms with Crippen molar-refractivity contribution < 1.29 is 19.4 Å². The van der Waals surface area contributed by atoms with Gasteiger partial charge >= 0.3 is 12.1 Å². The molecule has 0 fully saturated rings. The summed E-state index contributed by atoms with van der Waals surface area (Å²) in [5, 5.41) is 10.2. The van der Waals surface area contributed by atoms with Crippen molar-refractivity contribution in [3.63, 3.8) is 0 Å². The van der Waals surface area contributed by atoms with Crippen LogP contribution in [-0.4, -0.2) is 59.1 Å². The van der Waals surface area contributed by atoms with E-state index in [0.717, 1.165) is 39.0 Å². The molecule has 2 N–H and O–H groups in total. The zero-order chi connectivity index (χ0) is 29.1. The smallest absolute Gasteiger partial charge is 0.411 e. The standard InChI is InChI=1S/C31H30N6O4/c1-19-7-5-10-25(34-19)29-35-27(24-11-12-33-28(24)36-29)23-14-22(15-32-16-23)21-9-6-8-20(13-21)17-37(18-26(38)39)30(40)41-31(2,3)4/h5-16H,17-18H2,1-4H3,(H,38,39)(H,33,35,36). The topological polar surface area (TPSA) is 134 Å². The van der Waals surface area contributed by atoms with E-state index in [2.05, 4.69) is 19.9 Å². The van der Waals surface area contributed by atoms with Crippen LogP contribution in [-0.2, 0) is 16.1 Å². The van der Waals surface area contributed by atoms with Crippen LogP contribution in [0.25, 0.3) is 44.9 Å². The molecule has 10 heteroatoms. The van der Waals surface area contributed by atoms with Gasteiger partial charge in [-0.05, 0) is 69.2 Å². The lowest BCUT2D eigenvalue weighted by Gasteiger charge is -2.26. The number of nitrogens with zero attached hydrogens (tertiary/aromatic N) is 5. The summed E-state index contributed by atoms with van der Waals surface area (Å²) in [4.78, 5) is 47.1. The van der Waals surface area contributed by atoms with E-state index in [1.165, 1.54) is 4.90 Å². The molecule has 0 saturated heterocycles. The molecule has 0 aliphatic carbocycles. The number of amides is 1. The fourth-order valence-electron chi connectivity index (χ4n) is 4.42. The van der Waals surface area contributed by atoms with Gasteiger partial charge in [0.1, 0.15) is 23.5 Å².